The number of hydrogen-bond donors (Lipinski definition) is 2. The van der Waals surface area contributed by atoms with E-state index in [1.807, 2.05) is 0 Å². The highest BCUT2D eigenvalue weighted by Gasteiger charge is 2.28. The highest BCUT2D eigenvalue weighted by molar-refractivity contribution is 7.89. The SMILES string of the molecule is O=C(NCc1ccccc1S(=O)(=O)N1CCOCC1)c1ccccc1O. The molecule has 8 heteroatoms. The molecule has 0 atom stereocenters. The van der Waals surface area contributed by atoms with Crippen LogP contribution in [0.2, 0.25) is 0 Å². The topological polar surface area (TPSA) is 95.9 Å². The third-order valence-corrected chi connectivity index (χ3v) is 6.15. The van der Waals surface area contributed by atoms with Crippen LogP contribution in [0.3, 0.4) is 0 Å². The second kappa shape index (κ2) is 7.86. The molecule has 1 fully saturated rings. The van der Waals surface area contributed by atoms with Gasteiger partial charge in [0.25, 0.3) is 5.91 Å². The van der Waals surface area contributed by atoms with Crippen molar-refractivity contribution in [2.24, 2.45) is 0 Å². The van der Waals surface area contributed by atoms with Crippen LogP contribution in [0.1, 0.15) is 15.9 Å². The highest BCUT2D eigenvalue weighted by atomic mass is 32.2. The Hall–Kier alpha value is -2.42. The number of phenols is 1. The van der Waals surface area contributed by atoms with Gasteiger partial charge in [-0.05, 0) is 23.8 Å². The van der Waals surface area contributed by atoms with Gasteiger partial charge in [0.05, 0.1) is 23.7 Å². The number of nitrogens with one attached hydrogen (secondary N) is 1. The number of ether oxygens (including phenoxy) is 1. The normalized spacial score (nSPS) is 15.5. The first kappa shape index (κ1) is 18.4. The van der Waals surface area contributed by atoms with E-state index in [-0.39, 0.29) is 22.8 Å². The summed E-state index contributed by atoms with van der Waals surface area (Å²) < 4.78 is 32.4. The molecule has 7 nitrogen and oxygen atoms in total. The van der Waals surface area contributed by atoms with Gasteiger partial charge in [-0.3, -0.25) is 4.79 Å². The van der Waals surface area contributed by atoms with Crippen molar-refractivity contribution in [1.82, 2.24) is 9.62 Å². The predicted octanol–water partition coefficient (Wildman–Crippen LogP) is 1.34. The van der Waals surface area contributed by atoms with Crippen molar-refractivity contribution in [3.05, 3.63) is 59.7 Å². The van der Waals surface area contributed by atoms with Crippen LogP contribution in [0.4, 0.5) is 0 Å². The molecule has 26 heavy (non-hydrogen) atoms. The van der Waals surface area contributed by atoms with Crippen molar-refractivity contribution in [3.8, 4) is 5.75 Å². The number of amides is 1. The Morgan fingerprint density at radius 1 is 1.08 bits per heavy atom. The van der Waals surface area contributed by atoms with Gasteiger partial charge in [-0.15, -0.1) is 0 Å². The van der Waals surface area contributed by atoms with Crippen molar-refractivity contribution in [2.75, 3.05) is 26.3 Å². The lowest BCUT2D eigenvalue weighted by molar-refractivity contribution is 0.0730. The molecule has 138 valence electrons. The molecule has 2 aromatic carbocycles. The zero-order chi connectivity index (χ0) is 18.6. The average Bonchev–Trinajstić information content (AvgIpc) is 2.67. The standard InChI is InChI=1S/C18H20N2O5S/c21-16-7-3-2-6-15(16)18(22)19-13-14-5-1-4-8-17(14)26(23,24)20-9-11-25-12-10-20/h1-8,21H,9-13H2,(H,19,22). The molecule has 0 bridgehead atoms. The third kappa shape index (κ3) is 3.87. The molecule has 1 aliphatic heterocycles. The van der Waals surface area contributed by atoms with Gasteiger partial charge in [-0.25, -0.2) is 8.42 Å². The fourth-order valence-electron chi connectivity index (χ4n) is 2.76. The van der Waals surface area contributed by atoms with Gasteiger partial charge in [0.2, 0.25) is 10.0 Å². The fourth-order valence-corrected chi connectivity index (χ4v) is 4.39. The maximum Gasteiger partial charge on any atom is 0.255 e. The minimum Gasteiger partial charge on any atom is -0.507 e. The molecule has 1 amide bonds. The van der Waals surface area contributed by atoms with Crippen LogP contribution >= 0.6 is 0 Å². The van der Waals surface area contributed by atoms with Crippen LogP contribution in [0, 0.1) is 0 Å². The van der Waals surface area contributed by atoms with Crippen molar-refractivity contribution < 1.29 is 23.1 Å². The van der Waals surface area contributed by atoms with Gasteiger partial charge in [0, 0.05) is 19.6 Å². The second-order valence-electron chi connectivity index (χ2n) is 5.82. The summed E-state index contributed by atoms with van der Waals surface area (Å²) in [4.78, 5) is 12.4. The maximum atomic E-state index is 12.9. The molecule has 0 radical (unpaired) electrons. The van der Waals surface area contributed by atoms with Gasteiger partial charge in [0.1, 0.15) is 5.75 Å². The molecule has 0 unspecified atom stereocenters. The van der Waals surface area contributed by atoms with Crippen molar-refractivity contribution in [3.63, 3.8) is 0 Å². The van der Waals surface area contributed by atoms with Gasteiger partial charge in [-0.1, -0.05) is 30.3 Å². The first-order chi connectivity index (χ1) is 12.5. The Bertz CT molecular complexity index is 892. The number of sulfonamides is 1. The van der Waals surface area contributed by atoms with E-state index in [0.29, 0.717) is 31.9 Å². The minimum absolute atomic E-state index is 0.0346. The zero-order valence-corrected chi connectivity index (χ0v) is 14.9. The number of para-hydroxylation sites is 1. The summed E-state index contributed by atoms with van der Waals surface area (Å²) in [6.45, 7) is 1.38. The molecule has 0 saturated carbocycles. The Balaban J connectivity index is 1.79. The lowest BCUT2D eigenvalue weighted by Crippen LogP contribution is -2.41. The molecule has 1 saturated heterocycles. The van der Waals surface area contributed by atoms with E-state index in [1.165, 1.54) is 22.5 Å². The minimum atomic E-state index is -3.66. The molecule has 2 N–H and O–H groups in total. The maximum absolute atomic E-state index is 12.9. The monoisotopic (exact) mass is 376 g/mol. The molecule has 3 rings (SSSR count). The lowest BCUT2D eigenvalue weighted by Gasteiger charge is -2.27. The third-order valence-electron chi connectivity index (χ3n) is 4.15. The number of carbonyl (C=O) groups excluding carboxylic acids is 1. The van der Waals surface area contributed by atoms with Crippen LogP contribution in [0.25, 0.3) is 0 Å². The summed E-state index contributed by atoms with van der Waals surface area (Å²) in [5, 5.41) is 12.4. The molecule has 0 aromatic heterocycles. The largest absolute Gasteiger partial charge is 0.507 e. The number of rotatable bonds is 5. The van der Waals surface area contributed by atoms with Crippen LogP contribution in [0.5, 0.6) is 5.75 Å². The Morgan fingerprint density at radius 3 is 2.46 bits per heavy atom. The summed E-state index contributed by atoms with van der Waals surface area (Å²) >= 11 is 0. The number of benzene rings is 2. The van der Waals surface area contributed by atoms with E-state index in [0.717, 1.165) is 0 Å². The van der Waals surface area contributed by atoms with Crippen LogP contribution in [-0.4, -0.2) is 50.0 Å². The summed E-state index contributed by atoms with van der Waals surface area (Å²) in [6, 6.07) is 12.8. The number of aromatic hydroxyl groups is 1. The summed E-state index contributed by atoms with van der Waals surface area (Å²) in [6.07, 6.45) is 0. The highest BCUT2D eigenvalue weighted by Crippen LogP contribution is 2.22. The van der Waals surface area contributed by atoms with Crippen LogP contribution in [0.15, 0.2) is 53.4 Å². The van der Waals surface area contributed by atoms with Gasteiger partial charge >= 0.3 is 0 Å². The van der Waals surface area contributed by atoms with E-state index in [1.54, 1.807) is 30.3 Å². The Kier molecular flexibility index (Phi) is 5.55. The van der Waals surface area contributed by atoms with Gasteiger partial charge in [0.15, 0.2) is 0 Å². The zero-order valence-electron chi connectivity index (χ0n) is 14.1. The predicted molar refractivity (Wildman–Crippen MR) is 95.3 cm³/mol. The molecule has 1 aliphatic rings. The summed E-state index contributed by atoms with van der Waals surface area (Å²) in [5.41, 5.74) is 0.629. The molecular formula is C18H20N2O5S. The first-order valence-corrected chi connectivity index (χ1v) is 9.66. The quantitative estimate of drug-likeness (QED) is 0.821. The first-order valence-electron chi connectivity index (χ1n) is 8.22. The molecule has 0 aliphatic carbocycles. The number of hydrogen-bond acceptors (Lipinski definition) is 5. The Morgan fingerprint density at radius 2 is 1.73 bits per heavy atom. The van der Waals surface area contributed by atoms with E-state index < -0.39 is 15.9 Å². The number of carbonyl (C=O) groups is 1. The Labute approximate surface area is 152 Å². The average molecular weight is 376 g/mol. The van der Waals surface area contributed by atoms with E-state index in [2.05, 4.69) is 5.32 Å². The number of phenolic OH excluding ortho intramolecular Hbond substituents is 1. The molecule has 2 aromatic rings. The molecular weight excluding hydrogens is 356 g/mol. The van der Waals surface area contributed by atoms with Crippen molar-refractivity contribution in [1.29, 1.82) is 0 Å². The van der Waals surface area contributed by atoms with Crippen molar-refractivity contribution >= 4 is 15.9 Å². The lowest BCUT2D eigenvalue weighted by atomic mass is 10.1. The molecule has 0 spiro atoms. The smallest absolute Gasteiger partial charge is 0.255 e. The summed E-state index contributed by atoms with van der Waals surface area (Å²) in [7, 11) is -3.66. The van der Waals surface area contributed by atoms with Crippen LogP contribution in [-0.2, 0) is 21.3 Å². The van der Waals surface area contributed by atoms with Gasteiger partial charge in [-0.2, -0.15) is 4.31 Å². The van der Waals surface area contributed by atoms with E-state index >= 15 is 0 Å². The van der Waals surface area contributed by atoms with Crippen LogP contribution < -0.4 is 5.32 Å². The van der Waals surface area contributed by atoms with Crippen molar-refractivity contribution in [2.45, 2.75) is 11.4 Å². The van der Waals surface area contributed by atoms with Gasteiger partial charge < -0.3 is 15.2 Å². The molecule has 1 heterocycles. The second-order valence-corrected chi connectivity index (χ2v) is 7.73. The van der Waals surface area contributed by atoms with E-state index in [9.17, 15) is 18.3 Å². The summed E-state index contributed by atoms with van der Waals surface area (Å²) in [5.74, 6) is -0.596. The number of nitrogens with zero attached hydrogens (tertiary/aromatic N) is 1. The number of morpholine rings is 1. The van der Waals surface area contributed by atoms with E-state index in [4.69, 9.17) is 4.74 Å². The fraction of sp³-hybridized carbons (Fsp3) is 0.278.